The third-order valence-corrected chi connectivity index (χ3v) is 4.60. The highest BCUT2D eigenvalue weighted by Gasteiger charge is 2.30. The van der Waals surface area contributed by atoms with Gasteiger partial charge in [0.25, 0.3) is 0 Å². The van der Waals surface area contributed by atoms with E-state index in [4.69, 9.17) is 0 Å². The average Bonchev–Trinajstić information content (AvgIpc) is 2.08. The first-order valence-corrected chi connectivity index (χ1v) is 6.03. The van der Waals surface area contributed by atoms with Crippen LogP contribution in [0.5, 0.6) is 0 Å². The summed E-state index contributed by atoms with van der Waals surface area (Å²) in [6.45, 7) is 2.59. The highest BCUT2D eigenvalue weighted by Crippen LogP contribution is 2.19. The molecule has 0 aromatic carbocycles. The van der Waals surface area contributed by atoms with Gasteiger partial charge in [0.15, 0.2) is 0 Å². The smallest absolute Gasteiger partial charge is 0.212 e. The van der Waals surface area contributed by atoms with Gasteiger partial charge in [-0.2, -0.15) is 4.31 Å². The van der Waals surface area contributed by atoms with Crippen LogP contribution < -0.4 is 0 Å². The van der Waals surface area contributed by atoms with Crippen molar-refractivity contribution in [3.8, 4) is 0 Å². The second-order valence-electron chi connectivity index (χ2n) is 2.35. The van der Waals surface area contributed by atoms with E-state index in [0.717, 1.165) is 6.42 Å². The zero-order valence-corrected chi connectivity index (χ0v) is 8.72. The van der Waals surface area contributed by atoms with Crippen molar-refractivity contribution in [1.82, 2.24) is 4.31 Å². The third-order valence-electron chi connectivity index (χ3n) is 1.53. The Morgan fingerprint density at radius 3 is 2.40 bits per heavy atom. The van der Waals surface area contributed by atoms with Crippen molar-refractivity contribution in [1.29, 1.82) is 0 Å². The fourth-order valence-electron chi connectivity index (χ4n) is 1.06. The lowest BCUT2D eigenvalue weighted by Gasteiger charge is -2.16. The lowest BCUT2D eigenvalue weighted by molar-refractivity contribution is 0.450. The van der Waals surface area contributed by atoms with Gasteiger partial charge in [-0.1, -0.05) is 22.6 Å². The minimum atomic E-state index is -2.86. The zero-order chi connectivity index (χ0) is 7.78. The number of hydrogen-bond acceptors (Lipinski definition) is 2. The molecular weight excluding hydrogens is 265 g/mol. The van der Waals surface area contributed by atoms with Crippen LogP contribution in [-0.4, -0.2) is 29.1 Å². The Bertz CT molecular complexity index is 212. The van der Waals surface area contributed by atoms with Crippen LogP contribution in [0.3, 0.4) is 0 Å². The topological polar surface area (TPSA) is 37.4 Å². The highest BCUT2D eigenvalue weighted by atomic mass is 127. The Morgan fingerprint density at radius 1 is 1.60 bits per heavy atom. The van der Waals surface area contributed by atoms with Gasteiger partial charge in [0.1, 0.15) is 0 Å². The molecule has 1 aliphatic heterocycles. The fourth-order valence-corrected chi connectivity index (χ4v) is 3.95. The van der Waals surface area contributed by atoms with E-state index in [1.165, 1.54) is 0 Å². The summed E-state index contributed by atoms with van der Waals surface area (Å²) in [4.78, 5) is 0. The van der Waals surface area contributed by atoms with E-state index in [1.807, 2.05) is 6.92 Å². The minimum Gasteiger partial charge on any atom is -0.212 e. The van der Waals surface area contributed by atoms with Crippen LogP contribution in [0, 0.1) is 0 Å². The van der Waals surface area contributed by atoms with Gasteiger partial charge in [-0.05, 0) is 13.3 Å². The Balaban J connectivity index is 2.79. The molecular formula is C5H10INO2S. The molecule has 60 valence electrons. The lowest BCUT2D eigenvalue weighted by Crippen LogP contribution is -2.30. The van der Waals surface area contributed by atoms with E-state index >= 15 is 0 Å². The lowest BCUT2D eigenvalue weighted by atomic mass is 10.5. The molecule has 0 aromatic heterocycles. The van der Waals surface area contributed by atoms with Crippen molar-refractivity contribution >= 4 is 32.6 Å². The summed E-state index contributed by atoms with van der Waals surface area (Å²) >= 11 is 2.12. The van der Waals surface area contributed by atoms with Crippen LogP contribution in [0.2, 0.25) is 0 Å². The van der Waals surface area contributed by atoms with Crippen molar-refractivity contribution in [2.75, 3.05) is 12.3 Å². The molecule has 10 heavy (non-hydrogen) atoms. The molecule has 0 aromatic rings. The number of rotatable bonds is 1. The van der Waals surface area contributed by atoms with Crippen LogP contribution in [0.4, 0.5) is 0 Å². The zero-order valence-electron chi connectivity index (χ0n) is 5.75. The number of sulfonamides is 1. The van der Waals surface area contributed by atoms with E-state index in [9.17, 15) is 8.42 Å². The van der Waals surface area contributed by atoms with Crippen LogP contribution in [0.1, 0.15) is 13.3 Å². The van der Waals surface area contributed by atoms with Crippen molar-refractivity contribution < 1.29 is 8.42 Å². The van der Waals surface area contributed by atoms with Crippen LogP contribution >= 0.6 is 22.6 Å². The first kappa shape index (κ1) is 8.73. The van der Waals surface area contributed by atoms with E-state index in [2.05, 4.69) is 22.6 Å². The fraction of sp³-hybridized carbons (Fsp3) is 1.00. The SMILES string of the molecule is CC(I)N1CCCS1(=O)=O. The number of nitrogens with zero attached hydrogens (tertiary/aromatic N) is 1. The molecule has 0 amide bonds. The molecule has 1 atom stereocenters. The molecule has 0 saturated carbocycles. The first-order chi connectivity index (χ1) is 4.54. The van der Waals surface area contributed by atoms with E-state index in [-0.39, 0.29) is 4.05 Å². The standard InChI is InChI=1S/C5H10INO2S/c1-5(6)7-3-2-4-10(7,8)9/h5H,2-4H2,1H3. The summed E-state index contributed by atoms with van der Waals surface area (Å²) < 4.78 is 23.9. The van der Waals surface area contributed by atoms with E-state index < -0.39 is 10.0 Å². The number of alkyl halides is 1. The maximum absolute atomic E-state index is 11.1. The summed E-state index contributed by atoms with van der Waals surface area (Å²) in [5, 5.41) is 0. The maximum Gasteiger partial charge on any atom is 0.215 e. The molecule has 0 N–H and O–H groups in total. The predicted molar refractivity (Wildman–Crippen MR) is 48.6 cm³/mol. The number of halogens is 1. The molecule has 1 aliphatic rings. The summed E-state index contributed by atoms with van der Waals surface area (Å²) in [7, 11) is -2.86. The van der Waals surface area contributed by atoms with Gasteiger partial charge in [-0.15, -0.1) is 0 Å². The normalized spacial score (nSPS) is 28.6. The van der Waals surface area contributed by atoms with Crippen LogP contribution in [0.25, 0.3) is 0 Å². The van der Waals surface area contributed by atoms with Crippen LogP contribution in [0.15, 0.2) is 0 Å². The second-order valence-corrected chi connectivity index (χ2v) is 6.20. The summed E-state index contributed by atoms with van der Waals surface area (Å²) in [5.74, 6) is 0.334. The average molecular weight is 275 g/mol. The summed E-state index contributed by atoms with van der Waals surface area (Å²) in [6, 6.07) is 0. The second kappa shape index (κ2) is 2.94. The summed E-state index contributed by atoms with van der Waals surface area (Å²) in [5.41, 5.74) is 0. The van der Waals surface area contributed by atoms with Gasteiger partial charge in [0.2, 0.25) is 10.0 Å². The van der Waals surface area contributed by atoms with Gasteiger partial charge >= 0.3 is 0 Å². The molecule has 0 radical (unpaired) electrons. The first-order valence-electron chi connectivity index (χ1n) is 3.17. The Morgan fingerprint density at radius 2 is 2.20 bits per heavy atom. The van der Waals surface area contributed by atoms with Crippen molar-refractivity contribution in [2.45, 2.75) is 17.4 Å². The third kappa shape index (κ3) is 1.62. The van der Waals surface area contributed by atoms with Gasteiger partial charge in [-0.25, -0.2) is 8.42 Å². The molecule has 3 nitrogen and oxygen atoms in total. The van der Waals surface area contributed by atoms with E-state index in [0.29, 0.717) is 12.3 Å². The molecule has 1 saturated heterocycles. The van der Waals surface area contributed by atoms with Gasteiger partial charge in [0, 0.05) is 6.54 Å². The molecule has 5 heteroatoms. The predicted octanol–water partition coefficient (Wildman–Crippen LogP) is 0.803. The molecule has 0 spiro atoms. The molecule has 0 aliphatic carbocycles. The summed E-state index contributed by atoms with van der Waals surface area (Å²) in [6.07, 6.45) is 0.787. The minimum absolute atomic E-state index is 0.102. The number of hydrogen-bond donors (Lipinski definition) is 0. The van der Waals surface area contributed by atoms with Crippen molar-refractivity contribution in [3.63, 3.8) is 0 Å². The molecule has 1 rings (SSSR count). The van der Waals surface area contributed by atoms with Crippen molar-refractivity contribution in [3.05, 3.63) is 0 Å². The Hall–Kier alpha value is 0.640. The quantitative estimate of drug-likeness (QED) is 0.403. The monoisotopic (exact) mass is 275 g/mol. The van der Waals surface area contributed by atoms with Crippen molar-refractivity contribution in [2.24, 2.45) is 0 Å². The van der Waals surface area contributed by atoms with Gasteiger partial charge < -0.3 is 0 Å². The molecule has 1 heterocycles. The Kier molecular flexibility index (Phi) is 2.57. The highest BCUT2D eigenvalue weighted by molar-refractivity contribution is 14.1. The largest absolute Gasteiger partial charge is 0.215 e. The van der Waals surface area contributed by atoms with Gasteiger partial charge in [-0.3, -0.25) is 0 Å². The Labute approximate surface area is 75.0 Å². The molecule has 0 bridgehead atoms. The maximum atomic E-state index is 11.1. The van der Waals surface area contributed by atoms with Crippen LogP contribution in [-0.2, 0) is 10.0 Å². The molecule has 1 unspecified atom stereocenters. The molecule has 1 fully saturated rings. The van der Waals surface area contributed by atoms with E-state index in [1.54, 1.807) is 4.31 Å². The van der Waals surface area contributed by atoms with Gasteiger partial charge in [0.05, 0.1) is 9.80 Å².